The fraction of sp³-hybridized carbons (Fsp3) is 0.312. The SMILES string of the molecule is COC(=O)[C@H](CCCCN)N(C(=O)OCc1ccccc1)C(=O)[C@@H]1Cc2ccccc2N1S(=O)(=O)c1ccc(NC(C)=O)cc1. The van der Waals surface area contributed by atoms with E-state index in [9.17, 15) is 27.6 Å². The molecule has 0 fully saturated rings. The summed E-state index contributed by atoms with van der Waals surface area (Å²) in [6, 6.07) is 18.1. The molecule has 0 unspecified atom stereocenters. The second kappa shape index (κ2) is 14.8. The van der Waals surface area contributed by atoms with E-state index in [2.05, 4.69) is 5.32 Å². The number of para-hydroxylation sites is 1. The molecule has 45 heavy (non-hydrogen) atoms. The minimum atomic E-state index is -4.39. The predicted octanol–water partition coefficient (Wildman–Crippen LogP) is 3.60. The summed E-state index contributed by atoms with van der Waals surface area (Å²) in [5.41, 5.74) is 7.51. The van der Waals surface area contributed by atoms with Gasteiger partial charge in [-0.2, -0.15) is 0 Å². The van der Waals surface area contributed by atoms with Gasteiger partial charge in [0.2, 0.25) is 5.91 Å². The van der Waals surface area contributed by atoms with Crippen molar-refractivity contribution in [3.63, 3.8) is 0 Å². The number of imide groups is 1. The molecule has 1 aliphatic rings. The molecular weight excluding hydrogens is 600 g/mol. The molecule has 2 atom stereocenters. The Morgan fingerprint density at radius 2 is 1.64 bits per heavy atom. The minimum Gasteiger partial charge on any atom is -0.467 e. The average Bonchev–Trinajstić information content (AvgIpc) is 3.44. The van der Waals surface area contributed by atoms with Crippen LogP contribution < -0.4 is 15.4 Å². The number of nitrogens with two attached hydrogens (primary N) is 1. The number of carbonyl (C=O) groups is 4. The van der Waals surface area contributed by atoms with Crippen LogP contribution in [0.4, 0.5) is 16.2 Å². The highest BCUT2D eigenvalue weighted by Gasteiger charge is 2.48. The summed E-state index contributed by atoms with van der Waals surface area (Å²) in [6.45, 7) is 1.47. The molecule has 1 heterocycles. The first-order valence-electron chi connectivity index (χ1n) is 14.4. The van der Waals surface area contributed by atoms with E-state index in [-0.39, 0.29) is 35.9 Å². The molecular formula is C32H36N4O8S. The smallest absolute Gasteiger partial charge is 0.417 e. The molecule has 13 heteroatoms. The van der Waals surface area contributed by atoms with Gasteiger partial charge in [0.15, 0.2) is 0 Å². The quantitative estimate of drug-likeness (QED) is 0.223. The highest BCUT2D eigenvalue weighted by molar-refractivity contribution is 7.93. The number of carbonyl (C=O) groups excluding carboxylic acids is 4. The molecule has 0 aromatic heterocycles. The number of methoxy groups -OCH3 is 1. The molecule has 0 radical (unpaired) electrons. The molecule has 1 aliphatic heterocycles. The topological polar surface area (TPSA) is 165 Å². The number of benzene rings is 3. The number of anilines is 2. The summed E-state index contributed by atoms with van der Waals surface area (Å²) in [5.74, 6) is -2.11. The minimum absolute atomic E-state index is 0.0348. The summed E-state index contributed by atoms with van der Waals surface area (Å²) in [7, 11) is -3.25. The van der Waals surface area contributed by atoms with Crippen molar-refractivity contribution in [2.75, 3.05) is 23.3 Å². The zero-order valence-electron chi connectivity index (χ0n) is 25.0. The van der Waals surface area contributed by atoms with Gasteiger partial charge >= 0.3 is 12.1 Å². The lowest BCUT2D eigenvalue weighted by atomic mass is 10.1. The van der Waals surface area contributed by atoms with Gasteiger partial charge in [-0.1, -0.05) is 48.5 Å². The number of sulfonamides is 1. The van der Waals surface area contributed by atoms with E-state index in [0.717, 1.165) is 11.4 Å². The van der Waals surface area contributed by atoms with Crippen molar-refractivity contribution in [1.29, 1.82) is 0 Å². The van der Waals surface area contributed by atoms with Crippen LogP contribution in [0.3, 0.4) is 0 Å². The Balaban J connectivity index is 1.75. The summed E-state index contributed by atoms with van der Waals surface area (Å²) in [5, 5.41) is 2.59. The van der Waals surface area contributed by atoms with Crippen LogP contribution in [-0.4, -0.2) is 62.9 Å². The summed E-state index contributed by atoms with van der Waals surface area (Å²) in [6.07, 6.45) is -0.234. The van der Waals surface area contributed by atoms with Crippen LogP contribution in [0.5, 0.6) is 0 Å². The number of fused-ring (bicyclic) bond motifs is 1. The number of nitrogens with zero attached hydrogens (tertiary/aromatic N) is 2. The number of esters is 1. The van der Waals surface area contributed by atoms with Crippen molar-refractivity contribution in [1.82, 2.24) is 4.90 Å². The molecule has 3 aromatic carbocycles. The summed E-state index contributed by atoms with van der Waals surface area (Å²) in [4.78, 5) is 53.2. The monoisotopic (exact) mass is 636 g/mol. The zero-order chi connectivity index (χ0) is 32.6. The fourth-order valence-electron chi connectivity index (χ4n) is 5.16. The second-order valence-electron chi connectivity index (χ2n) is 10.4. The van der Waals surface area contributed by atoms with Crippen LogP contribution in [0.1, 0.15) is 37.3 Å². The van der Waals surface area contributed by atoms with Gasteiger partial charge in [-0.3, -0.25) is 13.9 Å². The van der Waals surface area contributed by atoms with Gasteiger partial charge < -0.3 is 20.5 Å². The normalized spacial score (nSPS) is 14.6. The van der Waals surface area contributed by atoms with Crippen LogP contribution in [-0.2, 0) is 46.9 Å². The molecule has 0 aliphatic carbocycles. The number of nitrogens with one attached hydrogen (secondary N) is 1. The Kier molecular flexibility index (Phi) is 10.9. The van der Waals surface area contributed by atoms with Gasteiger partial charge in [0, 0.05) is 19.0 Å². The lowest BCUT2D eigenvalue weighted by Crippen LogP contribution is -2.57. The molecule has 0 saturated carbocycles. The van der Waals surface area contributed by atoms with E-state index in [4.69, 9.17) is 15.2 Å². The average molecular weight is 637 g/mol. The number of hydrogen-bond acceptors (Lipinski definition) is 9. The maximum atomic E-state index is 14.5. The van der Waals surface area contributed by atoms with E-state index >= 15 is 0 Å². The van der Waals surface area contributed by atoms with Crippen LogP contribution in [0.15, 0.2) is 83.8 Å². The summed E-state index contributed by atoms with van der Waals surface area (Å²) < 4.78 is 39.8. The van der Waals surface area contributed by atoms with Crippen LogP contribution >= 0.6 is 0 Å². The number of ether oxygens (including phenoxy) is 2. The molecule has 0 bridgehead atoms. The van der Waals surface area contributed by atoms with Crippen molar-refractivity contribution in [3.8, 4) is 0 Å². The highest BCUT2D eigenvalue weighted by atomic mass is 32.2. The van der Waals surface area contributed by atoms with Gasteiger partial charge in [-0.25, -0.2) is 22.9 Å². The van der Waals surface area contributed by atoms with Crippen molar-refractivity contribution in [3.05, 3.63) is 90.0 Å². The van der Waals surface area contributed by atoms with Crippen molar-refractivity contribution in [2.45, 2.75) is 56.2 Å². The predicted molar refractivity (Wildman–Crippen MR) is 167 cm³/mol. The van der Waals surface area contributed by atoms with Gasteiger partial charge in [0.1, 0.15) is 18.7 Å². The van der Waals surface area contributed by atoms with E-state index in [1.807, 2.05) is 0 Å². The first-order valence-corrected chi connectivity index (χ1v) is 15.8. The second-order valence-corrected chi connectivity index (χ2v) is 12.2. The maximum Gasteiger partial charge on any atom is 0.417 e. The molecule has 238 valence electrons. The number of unbranched alkanes of at least 4 members (excludes halogenated alkanes) is 1. The Hall–Kier alpha value is -4.75. The first kappa shape index (κ1) is 33.1. The number of amides is 3. The Bertz CT molecular complexity index is 1630. The summed E-state index contributed by atoms with van der Waals surface area (Å²) >= 11 is 0. The van der Waals surface area contributed by atoms with E-state index in [1.54, 1.807) is 54.6 Å². The van der Waals surface area contributed by atoms with Crippen LogP contribution in [0, 0.1) is 0 Å². The Labute approximate surface area is 262 Å². The van der Waals surface area contributed by atoms with Crippen molar-refractivity contribution in [2.24, 2.45) is 5.73 Å². The van der Waals surface area contributed by atoms with Gasteiger partial charge in [0.05, 0.1) is 17.7 Å². The lowest BCUT2D eigenvalue weighted by molar-refractivity contribution is -0.152. The third-order valence-corrected chi connectivity index (χ3v) is 9.13. The molecule has 4 rings (SSSR count). The number of hydrogen-bond donors (Lipinski definition) is 2. The van der Waals surface area contributed by atoms with Crippen molar-refractivity contribution >= 4 is 45.3 Å². The maximum absolute atomic E-state index is 14.5. The van der Waals surface area contributed by atoms with E-state index in [1.165, 1.54) is 31.2 Å². The fourth-order valence-corrected chi connectivity index (χ4v) is 6.80. The Morgan fingerprint density at radius 1 is 0.978 bits per heavy atom. The van der Waals surface area contributed by atoms with Crippen LogP contribution in [0.25, 0.3) is 0 Å². The van der Waals surface area contributed by atoms with E-state index < -0.39 is 40.1 Å². The van der Waals surface area contributed by atoms with Gasteiger partial charge in [0.25, 0.3) is 15.9 Å². The largest absolute Gasteiger partial charge is 0.467 e. The molecule has 3 aromatic rings. The van der Waals surface area contributed by atoms with Crippen LogP contribution in [0.2, 0.25) is 0 Å². The molecule has 0 spiro atoms. The highest BCUT2D eigenvalue weighted by Crippen LogP contribution is 2.38. The zero-order valence-corrected chi connectivity index (χ0v) is 25.9. The van der Waals surface area contributed by atoms with Gasteiger partial charge in [-0.15, -0.1) is 0 Å². The lowest BCUT2D eigenvalue weighted by Gasteiger charge is -2.33. The standard InChI is InChI=1S/C32H36N4O8S/c1-22(37)34-25-15-17-26(18-16-25)45(41,42)36-27-13-7-6-12-24(27)20-29(36)30(38)35(28(31(39)43-2)14-8-9-19-33)32(40)44-21-23-10-4-3-5-11-23/h3-7,10-13,15-18,28-29H,8-9,14,19-21,33H2,1-2H3,(H,34,37)/t28-,29-/m0/s1. The van der Waals surface area contributed by atoms with E-state index in [0.29, 0.717) is 41.1 Å². The molecule has 0 saturated heterocycles. The Morgan fingerprint density at radius 3 is 2.29 bits per heavy atom. The van der Waals surface area contributed by atoms with Crippen molar-refractivity contribution < 1.29 is 37.1 Å². The first-order chi connectivity index (χ1) is 21.6. The third-order valence-electron chi connectivity index (χ3n) is 7.30. The molecule has 3 N–H and O–H groups in total. The molecule has 12 nitrogen and oxygen atoms in total. The number of rotatable bonds is 12. The van der Waals surface area contributed by atoms with Gasteiger partial charge in [-0.05, 0) is 67.3 Å². The molecule has 3 amide bonds. The third kappa shape index (κ3) is 7.67.